The molecule has 0 aromatic carbocycles. The monoisotopic (exact) mass is 197 g/mol. The summed E-state index contributed by atoms with van der Waals surface area (Å²) < 4.78 is 1.84. The smallest absolute Gasteiger partial charge is 0.0995 e. The minimum atomic E-state index is -0.493. The van der Waals surface area contributed by atoms with Gasteiger partial charge in [0, 0.05) is 13.0 Å². The van der Waals surface area contributed by atoms with Crippen molar-refractivity contribution in [2.45, 2.75) is 25.9 Å². The van der Waals surface area contributed by atoms with Crippen LogP contribution in [0.4, 0.5) is 0 Å². The number of aromatic nitrogens is 2. The van der Waals surface area contributed by atoms with Gasteiger partial charge in [-0.3, -0.25) is 0 Å². The van der Waals surface area contributed by atoms with E-state index in [2.05, 4.69) is 11.9 Å². The molecule has 2 atom stereocenters. The van der Waals surface area contributed by atoms with E-state index in [0.717, 1.165) is 18.5 Å². The maximum atomic E-state index is 10.0. The van der Waals surface area contributed by atoms with Crippen LogP contribution in [0.25, 0.3) is 0 Å². The number of hydrogen-bond acceptors (Lipinski definition) is 3. The average Bonchev–Trinajstić information content (AvgIpc) is 2.59. The number of nitrogens with zero attached hydrogens (tertiary/aromatic N) is 2. The summed E-state index contributed by atoms with van der Waals surface area (Å²) >= 11 is 0. The van der Waals surface area contributed by atoms with Crippen LogP contribution < -0.4 is 5.73 Å². The van der Waals surface area contributed by atoms with Crippen LogP contribution >= 0.6 is 0 Å². The molecule has 2 unspecified atom stereocenters. The van der Waals surface area contributed by atoms with Crippen LogP contribution in [-0.4, -0.2) is 21.2 Å². The highest BCUT2D eigenvalue weighted by atomic mass is 16.3. The van der Waals surface area contributed by atoms with Crippen molar-refractivity contribution >= 4 is 0 Å². The first-order chi connectivity index (χ1) is 6.70. The first-order valence-corrected chi connectivity index (χ1v) is 5.05. The van der Waals surface area contributed by atoms with Crippen LogP contribution in [0.5, 0.6) is 0 Å². The standard InChI is InChI=1S/C10H19N3O/c1-3-4-8(5-11)10(14)9-6-12-7-13(9)2/h6-8,10,14H,3-5,11H2,1-2H3. The molecule has 1 rings (SSSR count). The number of aryl methyl sites for hydroxylation is 1. The molecule has 3 N–H and O–H groups in total. The molecule has 0 aliphatic rings. The third kappa shape index (κ3) is 2.33. The van der Waals surface area contributed by atoms with Crippen molar-refractivity contribution in [2.24, 2.45) is 18.7 Å². The van der Waals surface area contributed by atoms with Gasteiger partial charge in [0.1, 0.15) is 0 Å². The maximum absolute atomic E-state index is 10.0. The van der Waals surface area contributed by atoms with Crippen LogP contribution in [0.15, 0.2) is 12.5 Å². The SMILES string of the molecule is CCCC(CN)C(O)c1cncn1C. The van der Waals surface area contributed by atoms with Gasteiger partial charge in [-0.1, -0.05) is 13.3 Å². The van der Waals surface area contributed by atoms with Gasteiger partial charge in [0.25, 0.3) is 0 Å². The molecule has 4 nitrogen and oxygen atoms in total. The molecule has 0 aliphatic heterocycles. The van der Waals surface area contributed by atoms with E-state index in [1.807, 2.05) is 11.6 Å². The van der Waals surface area contributed by atoms with Crippen molar-refractivity contribution in [1.82, 2.24) is 9.55 Å². The number of aliphatic hydroxyl groups is 1. The third-order valence-corrected chi connectivity index (χ3v) is 2.57. The maximum Gasteiger partial charge on any atom is 0.0995 e. The fourth-order valence-electron chi connectivity index (χ4n) is 1.67. The van der Waals surface area contributed by atoms with E-state index < -0.39 is 6.10 Å². The normalized spacial score (nSPS) is 15.4. The molecule has 14 heavy (non-hydrogen) atoms. The highest BCUT2D eigenvalue weighted by Gasteiger charge is 2.20. The molecule has 0 saturated heterocycles. The van der Waals surface area contributed by atoms with Crippen LogP contribution in [0, 0.1) is 5.92 Å². The van der Waals surface area contributed by atoms with Crippen LogP contribution in [-0.2, 0) is 7.05 Å². The predicted octanol–water partition coefficient (Wildman–Crippen LogP) is 0.829. The molecule has 0 bridgehead atoms. The summed E-state index contributed by atoms with van der Waals surface area (Å²) in [6.45, 7) is 2.61. The Hall–Kier alpha value is -0.870. The minimum absolute atomic E-state index is 0.135. The van der Waals surface area contributed by atoms with Gasteiger partial charge in [-0.15, -0.1) is 0 Å². The van der Waals surface area contributed by atoms with E-state index in [0.29, 0.717) is 6.54 Å². The second-order valence-electron chi connectivity index (χ2n) is 3.66. The molecule has 4 heteroatoms. The van der Waals surface area contributed by atoms with Gasteiger partial charge in [-0.2, -0.15) is 0 Å². The van der Waals surface area contributed by atoms with Gasteiger partial charge in [-0.05, 0) is 13.0 Å². The Morgan fingerprint density at radius 3 is 2.79 bits per heavy atom. The lowest BCUT2D eigenvalue weighted by molar-refractivity contribution is 0.0997. The van der Waals surface area contributed by atoms with Gasteiger partial charge in [0.15, 0.2) is 0 Å². The van der Waals surface area contributed by atoms with E-state index in [9.17, 15) is 5.11 Å². The summed E-state index contributed by atoms with van der Waals surface area (Å²) in [5.74, 6) is 0.135. The summed E-state index contributed by atoms with van der Waals surface area (Å²) in [5.41, 5.74) is 6.47. The lowest BCUT2D eigenvalue weighted by Gasteiger charge is -2.20. The number of rotatable bonds is 5. The van der Waals surface area contributed by atoms with E-state index >= 15 is 0 Å². The van der Waals surface area contributed by atoms with Gasteiger partial charge < -0.3 is 15.4 Å². The van der Waals surface area contributed by atoms with Gasteiger partial charge in [-0.25, -0.2) is 4.98 Å². The average molecular weight is 197 g/mol. The summed E-state index contributed by atoms with van der Waals surface area (Å²) in [6, 6.07) is 0. The Morgan fingerprint density at radius 1 is 1.64 bits per heavy atom. The zero-order valence-electron chi connectivity index (χ0n) is 8.85. The van der Waals surface area contributed by atoms with E-state index in [1.165, 1.54) is 0 Å². The summed E-state index contributed by atoms with van der Waals surface area (Å²) in [4.78, 5) is 3.98. The topological polar surface area (TPSA) is 64.1 Å². The Morgan fingerprint density at radius 2 is 2.36 bits per heavy atom. The fraction of sp³-hybridized carbons (Fsp3) is 0.700. The lowest BCUT2D eigenvalue weighted by atomic mass is 9.95. The summed E-state index contributed by atoms with van der Waals surface area (Å²) in [6.07, 6.45) is 4.88. The molecule has 0 fully saturated rings. The first-order valence-electron chi connectivity index (χ1n) is 5.05. The van der Waals surface area contributed by atoms with Crippen molar-refractivity contribution in [1.29, 1.82) is 0 Å². The molecule has 0 spiro atoms. The molecule has 0 aliphatic carbocycles. The Kier molecular flexibility index (Phi) is 4.10. The number of aliphatic hydroxyl groups excluding tert-OH is 1. The van der Waals surface area contributed by atoms with Crippen molar-refractivity contribution in [2.75, 3.05) is 6.54 Å². The van der Waals surface area contributed by atoms with Crippen molar-refractivity contribution in [3.05, 3.63) is 18.2 Å². The molecule has 1 aromatic heterocycles. The van der Waals surface area contributed by atoms with E-state index in [1.54, 1.807) is 12.5 Å². The van der Waals surface area contributed by atoms with E-state index in [4.69, 9.17) is 5.73 Å². The van der Waals surface area contributed by atoms with Crippen LogP contribution in [0.2, 0.25) is 0 Å². The molecular formula is C10H19N3O. The number of nitrogens with two attached hydrogens (primary N) is 1. The molecule has 80 valence electrons. The second-order valence-corrected chi connectivity index (χ2v) is 3.66. The number of hydrogen-bond donors (Lipinski definition) is 2. The highest BCUT2D eigenvalue weighted by Crippen LogP contribution is 2.24. The lowest BCUT2D eigenvalue weighted by Crippen LogP contribution is -2.23. The highest BCUT2D eigenvalue weighted by molar-refractivity contribution is 5.03. The van der Waals surface area contributed by atoms with Gasteiger partial charge in [0.05, 0.1) is 24.3 Å². The molecule has 0 amide bonds. The number of imidazole rings is 1. The third-order valence-electron chi connectivity index (χ3n) is 2.57. The van der Waals surface area contributed by atoms with Crippen molar-refractivity contribution < 1.29 is 5.11 Å². The molecule has 0 radical (unpaired) electrons. The zero-order chi connectivity index (χ0) is 10.6. The quantitative estimate of drug-likeness (QED) is 0.734. The molecule has 1 heterocycles. The Balaban J connectivity index is 2.72. The summed E-state index contributed by atoms with van der Waals surface area (Å²) in [5, 5.41) is 10.0. The summed E-state index contributed by atoms with van der Waals surface area (Å²) in [7, 11) is 1.88. The zero-order valence-corrected chi connectivity index (χ0v) is 8.85. The Labute approximate surface area is 84.8 Å². The predicted molar refractivity (Wildman–Crippen MR) is 55.6 cm³/mol. The van der Waals surface area contributed by atoms with Gasteiger partial charge >= 0.3 is 0 Å². The molecule has 0 saturated carbocycles. The molecule has 1 aromatic rings. The first kappa shape index (κ1) is 11.2. The largest absolute Gasteiger partial charge is 0.386 e. The van der Waals surface area contributed by atoms with Gasteiger partial charge in [0.2, 0.25) is 0 Å². The second kappa shape index (κ2) is 5.12. The van der Waals surface area contributed by atoms with Crippen molar-refractivity contribution in [3.8, 4) is 0 Å². The van der Waals surface area contributed by atoms with E-state index in [-0.39, 0.29) is 5.92 Å². The van der Waals surface area contributed by atoms with Crippen LogP contribution in [0.1, 0.15) is 31.6 Å². The fourth-order valence-corrected chi connectivity index (χ4v) is 1.67. The minimum Gasteiger partial charge on any atom is -0.386 e. The molecular weight excluding hydrogens is 178 g/mol. The van der Waals surface area contributed by atoms with Crippen molar-refractivity contribution in [3.63, 3.8) is 0 Å². The van der Waals surface area contributed by atoms with Crippen LogP contribution in [0.3, 0.4) is 0 Å². The Bertz CT molecular complexity index is 272.